The molecule has 0 bridgehead atoms. The summed E-state index contributed by atoms with van der Waals surface area (Å²) in [5.74, 6) is 1.19. The molecule has 0 amide bonds. The lowest BCUT2D eigenvalue weighted by atomic mass is 10.1. The van der Waals surface area contributed by atoms with Gasteiger partial charge in [-0.1, -0.05) is 77.0 Å². The predicted octanol–water partition coefficient (Wildman–Crippen LogP) is 7.83. The number of benzene rings is 1. The molecule has 33 heavy (non-hydrogen) atoms. The first kappa shape index (κ1) is 26.8. The van der Waals surface area contributed by atoms with Crippen LogP contribution < -0.4 is 19.8 Å². The van der Waals surface area contributed by atoms with E-state index in [1.807, 2.05) is 26.0 Å². The molecule has 1 heterocycles. The molecule has 0 N–H and O–H groups in total. The second-order valence-electron chi connectivity index (χ2n) is 8.68. The summed E-state index contributed by atoms with van der Waals surface area (Å²) < 4.78 is 23.6. The number of ether oxygens (including phenoxy) is 3. The van der Waals surface area contributed by atoms with Gasteiger partial charge in [0.2, 0.25) is 5.75 Å². The van der Waals surface area contributed by atoms with Crippen LogP contribution in [0.4, 0.5) is 0 Å². The third-order valence-corrected chi connectivity index (χ3v) is 5.35. The second-order valence-corrected chi connectivity index (χ2v) is 8.68. The zero-order chi connectivity index (χ0) is 23.9. The van der Waals surface area contributed by atoms with Gasteiger partial charge in [0.15, 0.2) is 5.75 Å². The Morgan fingerprint density at radius 2 is 1.58 bits per heavy atom. The minimum Gasteiger partial charge on any atom is -0.490 e. The fourth-order valence-corrected chi connectivity index (χ4v) is 3.71. The van der Waals surface area contributed by atoms with Crippen LogP contribution in [0.5, 0.6) is 17.2 Å². The van der Waals surface area contributed by atoms with Crippen LogP contribution in [-0.4, -0.2) is 19.3 Å². The molecular weight excluding hydrogens is 416 g/mol. The van der Waals surface area contributed by atoms with Crippen LogP contribution in [0, 0.1) is 0 Å². The minimum absolute atomic E-state index is 0.0236. The average molecular weight is 459 g/mol. The highest BCUT2D eigenvalue weighted by Crippen LogP contribution is 2.39. The third-order valence-electron chi connectivity index (χ3n) is 5.35. The summed E-state index contributed by atoms with van der Waals surface area (Å²) in [6.45, 7) is 9.17. The Hall–Kier alpha value is -2.43. The van der Waals surface area contributed by atoms with E-state index < -0.39 is 5.63 Å². The van der Waals surface area contributed by atoms with E-state index in [4.69, 9.17) is 18.6 Å². The van der Waals surface area contributed by atoms with E-state index in [9.17, 15) is 4.79 Å². The van der Waals surface area contributed by atoms with Crippen molar-refractivity contribution in [3.05, 3.63) is 40.8 Å². The summed E-state index contributed by atoms with van der Waals surface area (Å²) in [7, 11) is 0. The van der Waals surface area contributed by atoms with Crippen molar-refractivity contribution in [3.8, 4) is 17.2 Å². The molecule has 5 heteroatoms. The highest BCUT2D eigenvalue weighted by molar-refractivity contribution is 5.91. The fourth-order valence-electron chi connectivity index (χ4n) is 3.71. The molecule has 1 aromatic heterocycles. The number of unbranched alkanes of at least 4 members (excludes halogenated alkanes) is 7. The van der Waals surface area contributed by atoms with Crippen LogP contribution in [0.2, 0.25) is 0 Å². The zero-order valence-corrected chi connectivity index (χ0v) is 21.0. The van der Waals surface area contributed by atoms with Crippen LogP contribution in [0.25, 0.3) is 11.0 Å². The van der Waals surface area contributed by atoms with Crippen molar-refractivity contribution < 1.29 is 18.6 Å². The summed E-state index contributed by atoms with van der Waals surface area (Å²) in [6, 6.07) is 5.45. The maximum atomic E-state index is 12.8. The van der Waals surface area contributed by atoms with Gasteiger partial charge in [0.05, 0.1) is 19.3 Å². The van der Waals surface area contributed by atoms with Gasteiger partial charge in [-0.3, -0.25) is 0 Å². The van der Waals surface area contributed by atoms with Gasteiger partial charge in [-0.2, -0.15) is 0 Å². The number of rotatable bonds is 17. The molecule has 0 aliphatic rings. The molecule has 0 atom stereocenters. The van der Waals surface area contributed by atoms with Crippen LogP contribution >= 0.6 is 0 Å². The Balaban J connectivity index is 2.15. The zero-order valence-electron chi connectivity index (χ0n) is 21.0. The summed E-state index contributed by atoms with van der Waals surface area (Å²) in [5, 5.41) is 0.649. The Bertz CT molecular complexity index is 897. The van der Waals surface area contributed by atoms with E-state index in [1.165, 1.54) is 38.5 Å². The van der Waals surface area contributed by atoms with Gasteiger partial charge < -0.3 is 18.6 Å². The van der Waals surface area contributed by atoms with E-state index in [0.717, 1.165) is 25.7 Å². The molecule has 0 spiro atoms. The highest BCUT2D eigenvalue weighted by Gasteiger charge is 2.21. The highest BCUT2D eigenvalue weighted by atomic mass is 16.5. The Kier molecular flexibility index (Phi) is 12.5. The molecular formula is C28H42O5. The lowest BCUT2D eigenvalue weighted by Crippen LogP contribution is -2.13. The van der Waals surface area contributed by atoms with Crippen molar-refractivity contribution in [1.82, 2.24) is 0 Å². The molecule has 0 radical (unpaired) electrons. The smallest absolute Gasteiger partial charge is 0.383 e. The largest absolute Gasteiger partial charge is 0.490 e. The lowest BCUT2D eigenvalue weighted by Gasteiger charge is -2.17. The fraction of sp³-hybridized carbons (Fsp3) is 0.607. The molecule has 0 saturated heterocycles. The molecule has 0 aliphatic carbocycles. The summed E-state index contributed by atoms with van der Waals surface area (Å²) in [5.41, 5.74) is -0.0699. The molecule has 2 aromatic rings. The van der Waals surface area contributed by atoms with Crippen LogP contribution in [0.1, 0.15) is 91.9 Å². The predicted molar refractivity (Wildman–Crippen MR) is 136 cm³/mol. The van der Waals surface area contributed by atoms with Gasteiger partial charge in [-0.25, -0.2) is 4.79 Å². The normalized spacial score (nSPS) is 11.5. The van der Waals surface area contributed by atoms with Gasteiger partial charge in [0.25, 0.3) is 0 Å². The van der Waals surface area contributed by atoms with Crippen molar-refractivity contribution in [3.63, 3.8) is 0 Å². The number of hydrogen-bond donors (Lipinski definition) is 0. The monoisotopic (exact) mass is 458 g/mol. The van der Waals surface area contributed by atoms with E-state index >= 15 is 0 Å². The molecule has 5 nitrogen and oxygen atoms in total. The van der Waals surface area contributed by atoms with Crippen molar-refractivity contribution in [1.29, 1.82) is 0 Å². The molecule has 0 aliphatic heterocycles. The Morgan fingerprint density at radius 3 is 2.27 bits per heavy atom. The van der Waals surface area contributed by atoms with E-state index in [2.05, 4.69) is 26.0 Å². The molecule has 0 unspecified atom stereocenters. The first-order valence-corrected chi connectivity index (χ1v) is 12.8. The first-order chi connectivity index (χ1) is 16.1. The standard InChI is InChI=1S/C28H42O5/c1-5-7-9-11-12-13-14-16-21-31-27-26(30-20-15-10-8-6-2)25-23(32-22(3)4)18-17-19-24(25)33-28(27)29/h8,10,17-19,22H,5-7,9,11-16,20-21H2,1-4H3/b10-8+. The summed E-state index contributed by atoms with van der Waals surface area (Å²) in [4.78, 5) is 12.8. The van der Waals surface area contributed by atoms with Crippen molar-refractivity contribution in [2.75, 3.05) is 13.2 Å². The van der Waals surface area contributed by atoms with E-state index in [0.29, 0.717) is 35.7 Å². The Labute approximate surface area is 199 Å². The number of allylic oxidation sites excluding steroid dienone is 1. The van der Waals surface area contributed by atoms with Crippen molar-refractivity contribution >= 4 is 11.0 Å². The Morgan fingerprint density at radius 1 is 0.879 bits per heavy atom. The van der Waals surface area contributed by atoms with E-state index in [-0.39, 0.29) is 11.9 Å². The van der Waals surface area contributed by atoms with Gasteiger partial charge in [-0.15, -0.1) is 0 Å². The van der Waals surface area contributed by atoms with Crippen LogP contribution in [0.15, 0.2) is 39.6 Å². The lowest BCUT2D eigenvalue weighted by molar-refractivity contribution is 0.239. The molecule has 2 rings (SSSR count). The minimum atomic E-state index is -0.511. The average Bonchev–Trinajstić information content (AvgIpc) is 2.78. The first-order valence-electron chi connectivity index (χ1n) is 12.8. The number of hydrogen-bond acceptors (Lipinski definition) is 5. The molecule has 1 aromatic carbocycles. The number of fused-ring (bicyclic) bond motifs is 1. The van der Waals surface area contributed by atoms with Crippen LogP contribution in [0.3, 0.4) is 0 Å². The maximum absolute atomic E-state index is 12.8. The van der Waals surface area contributed by atoms with Gasteiger partial charge in [0.1, 0.15) is 16.7 Å². The van der Waals surface area contributed by atoms with Crippen molar-refractivity contribution in [2.24, 2.45) is 0 Å². The van der Waals surface area contributed by atoms with Gasteiger partial charge >= 0.3 is 5.63 Å². The second kappa shape index (κ2) is 15.4. The SMILES string of the molecule is CC/C=C/CCOc1c(OCCCCCCCCCC)c(=O)oc2cccc(OC(C)C)c12. The molecule has 0 fully saturated rings. The van der Waals surface area contributed by atoms with Crippen LogP contribution in [-0.2, 0) is 0 Å². The quantitative estimate of drug-likeness (QED) is 0.137. The molecule has 0 saturated carbocycles. The molecule has 184 valence electrons. The van der Waals surface area contributed by atoms with Crippen molar-refractivity contribution in [2.45, 2.75) is 98.0 Å². The topological polar surface area (TPSA) is 57.9 Å². The maximum Gasteiger partial charge on any atom is 0.383 e. The van der Waals surface area contributed by atoms with E-state index in [1.54, 1.807) is 6.07 Å². The van der Waals surface area contributed by atoms with Gasteiger partial charge in [-0.05, 0) is 45.2 Å². The summed E-state index contributed by atoms with van der Waals surface area (Å²) >= 11 is 0. The summed E-state index contributed by atoms with van der Waals surface area (Å²) in [6.07, 6.45) is 15.5. The van der Waals surface area contributed by atoms with Gasteiger partial charge in [0, 0.05) is 0 Å². The third kappa shape index (κ3) is 9.15.